The van der Waals surface area contributed by atoms with Crippen molar-refractivity contribution in [1.29, 1.82) is 0 Å². The van der Waals surface area contributed by atoms with E-state index >= 15 is 0 Å². The van der Waals surface area contributed by atoms with Gasteiger partial charge in [-0.25, -0.2) is 9.78 Å². The fraction of sp³-hybridized carbons (Fsp3) is 0.400. The molecule has 15 heavy (non-hydrogen) atoms. The summed E-state index contributed by atoms with van der Waals surface area (Å²) in [4.78, 5) is 15.5. The SMILES string of the molecule is COC(=O)c1c(Cl)nc(Cl)c2c1CCC2. The standard InChI is InChI=1S/C10H9Cl2NO2/c1-15-10(14)7-5-3-2-4-6(5)8(11)13-9(7)12/h2-4H2,1H3. The molecule has 0 radical (unpaired) electrons. The summed E-state index contributed by atoms with van der Waals surface area (Å²) in [6.07, 6.45) is 2.63. The van der Waals surface area contributed by atoms with Crippen LogP contribution in [0.1, 0.15) is 27.9 Å². The summed E-state index contributed by atoms with van der Waals surface area (Å²) in [6, 6.07) is 0. The van der Waals surface area contributed by atoms with E-state index in [0.29, 0.717) is 10.7 Å². The van der Waals surface area contributed by atoms with Gasteiger partial charge in [0.2, 0.25) is 0 Å². The zero-order valence-corrected chi connectivity index (χ0v) is 9.65. The van der Waals surface area contributed by atoms with Crippen molar-refractivity contribution in [2.45, 2.75) is 19.3 Å². The molecule has 1 heterocycles. The van der Waals surface area contributed by atoms with Crippen molar-refractivity contribution in [1.82, 2.24) is 4.98 Å². The molecule has 0 atom stereocenters. The predicted molar refractivity (Wildman–Crippen MR) is 57.6 cm³/mol. The van der Waals surface area contributed by atoms with Crippen LogP contribution in [0.2, 0.25) is 10.3 Å². The van der Waals surface area contributed by atoms with Crippen molar-refractivity contribution in [3.8, 4) is 0 Å². The van der Waals surface area contributed by atoms with Crippen molar-refractivity contribution < 1.29 is 9.53 Å². The maximum absolute atomic E-state index is 11.5. The van der Waals surface area contributed by atoms with Crippen LogP contribution >= 0.6 is 23.2 Å². The van der Waals surface area contributed by atoms with E-state index in [4.69, 9.17) is 23.2 Å². The van der Waals surface area contributed by atoms with Crippen molar-refractivity contribution in [3.63, 3.8) is 0 Å². The number of hydrogen-bond acceptors (Lipinski definition) is 3. The Morgan fingerprint density at radius 2 is 1.93 bits per heavy atom. The maximum Gasteiger partial charge on any atom is 0.341 e. The normalized spacial score (nSPS) is 13.8. The molecule has 2 rings (SSSR count). The first-order chi connectivity index (χ1) is 7.15. The highest BCUT2D eigenvalue weighted by Crippen LogP contribution is 2.33. The molecule has 0 saturated heterocycles. The number of fused-ring (bicyclic) bond motifs is 1. The van der Waals surface area contributed by atoms with Crippen molar-refractivity contribution in [3.05, 3.63) is 27.0 Å². The second-order valence-corrected chi connectivity index (χ2v) is 4.09. The largest absolute Gasteiger partial charge is 0.465 e. The first-order valence-corrected chi connectivity index (χ1v) is 5.35. The van der Waals surface area contributed by atoms with Crippen LogP contribution in [0, 0.1) is 0 Å². The average molecular weight is 246 g/mol. The van der Waals surface area contributed by atoms with Crippen LogP contribution in [0.15, 0.2) is 0 Å². The third kappa shape index (κ3) is 1.70. The fourth-order valence-electron chi connectivity index (χ4n) is 1.89. The topological polar surface area (TPSA) is 39.2 Å². The summed E-state index contributed by atoms with van der Waals surface area (Å²) in [5.74, 6) is -0.442. The molecule has 5 heteroatoms. The van der Waals surface area contributed by atoms with Crippen molar-refractivity contribution in [2.24, 2.45) is 0 Å². The molecule has 3 nitrogen and oxygen atoms in total. The number of methoxy groups -OCH3 is 1. The Morgan fingerprint density at radius 3 is 2.60 bits per heavy atom. The lowest BCUT2D eigenvalue weighted by atomic mass is 10.1. The second kappa shape index (κ2) is 3.99. The van der Waals surface area contributed by atoms with Gasteiger partial charge in [-0.3, -0.25) is 0 Å². The van der Waals surface area contributed by atoms with Gasteiger partial charge in [0.15, 0.2) is 0 Å². The molecule has 0 saturated carbocycles. The fourth-order valence-corrected chi connectivity index (χ4v) is 2.50. The number of carbonyl (C=O) groups is 1. The van der Waals surface area contributed by atoms with E-state index in [0.717, 1.165) is 30.4 Å². The van der Waals surface area contributed by atoms with Gasteiger partial charge in [0, 0.05) is 0 Å². The second-order valence-electron chi connectivity index (χ2n) is 3.37. The smallest absolute Gasteiger partial charge is 0.341 e. The lowest BCUT2D eigenvalue weighted by Crippen LogP contribution is -2.08. The molecule has 80 valence electrons. The quantitative estimate of drug-likeness (QED) is 0.564. The molecule has 1 aliphatic rings. The minimum atomic E-state index is -0.442. The molecule has 0 aromatic carbocycles. The first kappa shape index (κ1) is 10.7. The molecular formula is C10H9Cl2NO2. The molecule has 0 aliphatic heterocycles. The number of carbonyl (C=O) groups excluding carboxylic acids is 1. The van der Waals surface area contributed by atoms with Gasteiger partial charge in [-0.1, -0.05) is 23.2 Å². The van der Waals surface area contributed by atoms with E-state index in [1.165, 1.54) is 7.11 Å². The lowest BCUT2D eigenvalue weighted by Gasteiger charge is -2.09. The Bertz CT molecular complexity index is 432. The molecule has 0 bridgehead atoms. The van der Waals surface area contributed by atoms with Gasteiger partial charge < -0.3 is 4.74 Å². The van der Waals surface area contributed by atoms with Gasteiger partial charge in [0.05, 0.1) is 7.11 Å². The summed E-state index contributed by atoms with van der Waals surface area (Å²) in [6.45, 7) is 0. The number of rotatable bonds is 1. The van der Waals surface area contributed by atoms with Gasteiger partial charge in [-0.05, 0) is 30.4 Å². The zero-order chi connectivity index (χ0) is 11.0. The van der Waals surface area contributed by atoms with Gasteiger partial charge in [0.25, 0.3) is 0 Å². The lowest BCUT2D eigenvalue weighted by molar-refractivity contribution is 0.0599. The molecule has 1 aliphatic carbocycles. The third-order valence-electron chi connectivity index (χ3n) is 2.56. The van der Waals surface area contributed by atoms with Gasteiger partial charge >= 0.3 is 5.97 Å². The van der Waals surface area contributed by atoms with Crippen LogP contribution in [0.25, 0.3) is 0 Å². The number of hydrogen-bond donors (Lipinski definition) is 0. The monoisotopic (exact) mass is 245 g/mol. The molecule has 1 aromatic rings. The minimum Gasteiger partial charge on any atom is -0.465 e. The number of ether oxygens (including phenoxy) is 1. The van der Waals surface area contributed by atoms with Crippen molar-refractivity contribution >= 4 is 29.2 Å². The van der Waals surface area contributed by atoms with E-state index in [-0.39, 0.29) is 5.15 Å². The van der Waals surface area contributed by atoms with Gasteiger partial charge in [-0.15, -0.1) is 0 Å². The minimum absolute atomic E-state index is 0.132. The van der Waals surface area contributed by atoms with Crippen LogP contribution in [-0.2, 0) is 17.6 Å². The zero-order valence-electron chi connectivity index (χ0n) is 8.14. The Hall–Kier alpha value is -0.800. The first-order valence-electron chi connectivity index (χ1n) is 4.60. The Kier molecular flexibility index (Phi) is 2.85. The third-order valence-corrected chi connectivity index (χ3v) is 3.15. The van der Waals surface area contributed by atoms with E-state index in [1.54, 1.807) is 0 Å². The highest BCUT2D eigenvalue weighted by Gasteiger charge is 2.26. The molecular weight excluding hydrogens is 237 g/mol. The van der Waals surface area contributed by atoms with Gasteiger partial charge in [0.1, 0.15) is 15.9 Å². The van der Waals surface area contributed by atoms with E-state index in [9.17, 15) is 4.79 Å². The van der Waals surface area contributed by atoms with E-state index in [2.05, 4.69) is 9.72 Å². The Balaban J connectivity index is 2.64. The Morgan fingerprint density at radius 1 is 1.27 bits per heavy atom. The molecule has 0 spiro atoms. The number of aromatic nitrogens is 1. The van der Waals surface area contributed by atoms with Crippen LogP contribution in [0.3, 0.4) is 0 Å². The summed E-state index contributed by atoms with van der Waals surface area (Å²) in [5, 5.41) is 0.535. The highest BCUT2D eigenvalue weighted by atomic mass is 35.5. The highest BCUT2D eigenvalue weighted by molar-refractivity contribution is 6.35. The molecule has 0 unspecified atom stereocenters. The Labute approximate surface area is 97.4 Å². The van der Waals surface area contributed by atoms with Crippen LogP contribution in [0.5, 0.6) is 0 Å². The molecule has 0 amide bonds. The molecule has 1 aromatic heterocycles. The molecule has 0 fully saturated rings. The van der Waals surface area contributed by atoms with Crippen LogP contribution < -0.4 is 0 Å². The van der Waals surface area contributed by atoms with Crippen LogP contribution in [-0.4, -0.2) is 18.1 Å². The van der Waals surface area contributed by atoms with E-state index in [1.807, 2.05) is 0 Å². The number of esters is 1. The van der Waals surface area contributed by atoms with Crippen LogP contribution in [0.4, 0.5) is 0 Å². The number of nitrogens with zero attached hydrogens (tertiary/aromatic N) is 1. The van der Waals surface area contributed by atoms with Crippen molar-refractivity contribution in [2.75, 3.05) is 7.11 Å². The van der Waals surface area contributed by atoms with Gasteiger partial charge in [-0.2, -0.15) is 0 Å². The average Bonchev–Trinajstić information content (AvgIpc) is 2.66. The summed E-state index contributed by atoms with van der Waals surface area (Å²) in [5.41, 5.74) is 2.20. The summed E-state index contributed by atoms with van der Waals surface area (Å²) >= 11 is 11.8. The van der Waals surface area contributed by atoms with E-state index < -0.39 is 5.97 Å². The number of pyridine rings is 1. The summed E-state index contributed by atoms with van der Waals surface area (Å²) in [7, 11) is 1.33. The summed E-state index contributed by atoms with van der Waals surface area (Å²) < 4.78 is 4.68. The number of halogens is 2. The molecule has 0 N–H and O–H groups in total. The maximum atomic E-state index is 11.5. The predicted octanol–water partition coefficient (Wildman–Crippen LogP) is 2.66.